The maximum absolute atomic E-state index is 11.9. The zero-order chi connectivity index (χ0) is 14.8. The van der Waals surface area contributed by atoms with Crippen LogP contribution in [-0.4, -0.2) is 42.7 Å². The van der Waals surface area contributed by atoms with Gasteiger partial charge >= 0.3 is 6.09 Å². The van der Waals surface area contributed by atoms with Crippen LogP contribution in [-0.2, 0) is 16.0 Å². The Kier molecular flexibility index (Phi) is 3.74. The van der Waals surface area contributed by atoms with E-state index in [-0.39, 0.29) is 24.9 Å². The van der Waals surface area contributed by atoms with Crippen molar-refractivity contribution in [2.24, 2.45) is 5.73 Å². The Hall–Kier alpha value is -2.15. The monoisotopic (exact) mass is 291 g/mol. The molecular formula is C14H17N3O4. The Labute approximate surface area is 122 Å². The molecule has 0 bridgehead atoms. The van der Waals surface area contributed by atoms with Crippen molar-refractivity contribution in [3.05, 3.63) is 17.8 Å². The SMILES string of the molecule is NCCCC1CN(c2ccc3c(n2)CC(=O)CO3)C(=O)O1. The van der Waals surface area contributed by atoms with E-state index in [0.717, 1.165) is 12.8 Å². The summed E-state index contributed by atoms with van der Waals surface area (Å²) in [5.41, 5.74) is 6.04. The molecule has 3 heterocycles. The van der Waals surface area contributed by atoms with Crippen molar-refractivity contribution in [3.8, 4) is 5.75 Å². The third-order valence-corrected chi connectivity index (χ3v) is 3.55. The van der Waals surface area contributed by atoms with E-state index in [1.165, 1.54) is 4.90 Å². The number of anilines is 1. The number of Topliss-reactive ketones (excluding diaryl/α,β-unsaturated/α-hetero) is 1. The summed E-state index contributed by atoms with van der Waals surface area (Å²) in [6, 6.07) is 3.45. The predicted molar refractivity (Wildman–Crippen MR) is 74.3 cm³/mol. The smallest absolute Gasteiger partial charge is 0.415 e. The summed E-state index contributed by atoms with van der Waals surface area (Å²) in [6.07, 6.45) is 1.23. The highest BCUT2D eigenvalue weighted by molar-refractivity contribution is 5.89. The Balaban J connectivity index is 1.76. The van der Waals surface area contributed by atoms with Crippen molar-refractivity contribution in [2.75, 3.05) is 24.6 Å². The normalized spacial score (nSPS) is 21.0. The van der Waals surface area contributed by atoms with E-state index < -0.39 is 6.09 Å². The Morgan fingerprint density at radius 1 is 1.38 bits per heavy atom. The summed E-state index contributed by atoms with van der Waals surface area (Å²) in [5, 5.41) is 0. The van der Waals surface area contributed by atoms with Crippen molar-refractivity contribution < 1.29 is 19.1 Å². The summed E-state index contributed by atoms with van der Waals surface area (Å²) in [6.45, 7) is 1.12. The average Bonchev–Trinajstić information content (AvgIpc) is 2.85. The molecule has 1 unspecified atom stereocenters. The standard InChI is InChI=1S/C14H17N3O4/c15-5-1-2-10-7-17(14(19)21-10)13-4-3-12-11(16-13)6-9(18)8-20-12/h3-4,10H,1-2,5-8,15H2. The molecule has 112 valence electrons. The number of amides is 1. The molecule has 1 aromatic rings. The minimum Gasteiger partial charge on any atom is -0.484 e. The van der Waals surface area contributed by atoms with Crippen LogP contribution >= 0.6 is 0 Å². The zero-order valence-corrected chi connectivity index (χ0v) is 11.6. The van der Waals surface area contributed by atoms with Crippen molar-refractivity contribution in [2.45, 2.75) is 25.4 Å². The van der Waals surface area contributed by atoms with Gasteiger partial charge in [-0.25, -0.2) is 9.78 Å². The van der Waals surface area contributed by atoms with Crippen LogP contribution in [0.15, 0.2) is 12.1 Å². The van der Waals surface area contributed by atoms with Crippen molar-refractivity contribution >= 4 is 17.7 Å². The molecule has 1 aromatic heterocycles. The number of cyclic esters (lactones) is 1. The lowest BCUT2D eigenvalue weighted by molar-refractivity contribution is -0.121. The van der Waals surface area contributed by atoms with Crippen LogP contribution in [0, 0.1) is 0 Å². The second-order valence-electron chi connectivity index (χ2n) is 5.17. The minimum absolute atomic E-state index is 0.0167. The highest BCUT2D eigenvalue weighted by Crippen LogP contribution is 2.27. The van der Waals surface area contributed by atoms with Gasteiger partial charge in [0.15, 0.2) is 5.78 Å². The third-order valence-electron chi connectivity index (χ3n) is 3.55. The van der Waals surface area contributed by atoms with Gasteiger partial charge in [0.1, 0.15) is 24.3 Å². The molecule has 1 fully saturated rings. The van der Waals surface area contributed by atoms with E-state index in [1.54, 1.807) is 12.1 Å². The van der Waals surface area contributed by atoms with Gasteiger partial charge < -0.3 is 15.2 Å². The lowest BCUT2D eigenvalue weighted by Gasteiger charge is -2.18. The van der Waals surface area contributed by atoms with Gasteiger partial charge in [-0.05, 0) is 31.5 Å². The number of nitrogens with two attached hydrogens (primary N) is 1. The molecule has 2 aliphatic heterocycles. The number of carbonyl (C=O) groups is 2. The molecule has 21 heavy (non-hydrogen) atoms. The Morgan fingerprint density at radius 3 is 3.05 bits per heavy atom. The number of pyridine rings is 1. The fourth-order valence-electron chi connectivity index (χ4n) is 2.49. The quantitative estimate of drug-likeness (QED) is 0.875. The molecule has 1 amide bonds. The first-order valence-electron chi connectivity index (χ1n) is 7.00. The van der Waals surface area contributed by atoms with Crippen molar-refractivity contribution in [1.29, 1.82) is 0 Å². The molecule has 0 aliphatic carbocycles. The third kappa shape index (κ3) is 2.82. The Morgan fingerprint density at radius 2 is 2.24 bits per heavy atom. The highest BCUT2D eigenvalue weighted by Gasteiger charge is 2.33. The van der Waals surface area contributed by atoms with Gasteiger partial charge in [-0.3, -0.25) is 9.69 Å². The maximum Gasteiger partial charge on any atom is 0.415 e. The number of aromatic nitrogens is 1. The second-order valence-corrected chi connectivity index (χ2v) is 5.17. The first-order valence-corrected chi connectivity index (χ1v) is 7.00. The fraction of sp³-hybridized carbons (Fsp3) is 0.500. The van der Waals surface area contributed by atoms with Crippen LogP contribution in [0.3, 0.4) is 0 Å². The molecule has 0 aromatic carbocycles. The van der Waals surface area contributed by atoms with E-state index in [0.29, 0.717) is 30.4 Å². The van der Waals surface area contributed by atoms with Crippen LogP contribution < -0.4 is 15.4 Å². The summed E-state index contributed by atoms with van der Waals surface area (Å²) in [4.78, 5) is 29.2. The zero-order valence-electron chi connectivity index (χ0n) is 11.6. The van der Waals surface area contributed by atoms with Gasteiger partial charge in [-0.15, -0.1) is 0 Å². The fourth-order valence-corrected chi connectivity index (χ4v) is 2.49. The number of ketones is 1. The van der Waals surface area contributed by atoms with Gasteiger partial charge in [0.05, 0.1) is 18.7 Å². The van der Waals surface area contributed by atoms with Gasteiger partial charge in [0.25, 0.3) is 0 Å². The van der Waals surface area contributed by atoms with Crippen LogP contribution in [0.25, 0.3) is 0 Å². The lowest BCUT2D eigenvalue weighted by atomic mass is 10.1. The largest absolute Gasteiger partial charge is 0.484 e. The second kappa shape index (κ2) is 5.69. The number of nitrogens with zero attached hydrogens (tertiary/aromatic N) is 2. The topological polar surface area (TPSA) is 94.8 Å². The molecule has 3 rings (SSSR count). The highest BCUT2D eigenvalue weighted by atomic mass is 16.6. The first kappa shape index (κ1) is 13.8. The number of ether oxygens (including phenoxy) is 2. The first-order chi connectivity index (χ1) is 10.2. The summed E-state index contributed by atoms with van der Waals surface area (Å²) >= 11 is 0. The van der Waals surface area contributed by atoms with Gasteiger partial charge in [-0.1, -0.05) is 0 Å². The Bertz CT molecular complexity index is 575. The van der Waals surface area contributed by atoms with Gasteiger partial charge in [0.2, 0.25) is 0 Å². The lowest BCUT2D eigenvalue weighted by Crippen LogP contribution is -2.27. The number of rotatable bonds is 4. The molecule has 0 spiro atoms. The van der Waals surface area contributed by atoms with E-state index in [2.05, 4.69) is 4.98 Å². The van der Waals surface area contributed by atoms with Crippen LogP contribution in [0.1, 0.15) is 18.5 Å². The van der Waals surface area contributed by atoms with Crippen molar-refractivity contribution in [1.82, 2.24) is 4.98 Å². The summed E-state index contributed by atoms with van der Waals surface area (Å²) in [5.74, 6) is 1.08. The van der Waals surface area contributed by atoms with E-state index in [9.17, 15) is 9.59 Å². The van der Waals surface area contributed by atoms with E-state index >= 15 is 0 Å². The van der Waals surface area contributed by atoms with Crippen LogP contribution in [0.5, 0.6) is 5.75 Å². The van der Waals surface area contributed by atoms with Crippen molar-refractivity contribution in [3.63, 3.8) is 0 Å². The molecule has 2 N–H and O–H groups in total. The minimum atomic E-state index is -0.410. The van der Waals surface area contributed by atoms with Gasteiger partial charge in [0, 0.05) is 0 Å². The van der Waals surface area contributed by atoms with Crippen LogP contribution in [0.4, 0.5) is 10.6 Å². The molecule has 7 nitrogen and oxygen atoms in total. The van der Waals surface area contributed by atoms with E-state index in [1.807, 2.05) is 0 Å². The molecule has 2 aliphatic rings. The molecule has 0 saturated carbocycles. The van der Waals surface area contributed by atoms with Gasteiger partial charge in [-0.2, -0.15) is 0 Å². The maximum atomic E-state index is 11.9. The number of hydrogen-bond donors (Lipinski definition) is 1. The molecular weight excluding hydrogens is 274 g/mol. The molecule has 7 heteroatoms. The molecule has 1 saturated heterocycles. The number of hydrogen-bond acceptors (Lipinski definition) is 6. The summed E-state index contributed by atoms with van der Waals surface area (Å²) in [7, 11) is 0. The number of carbonyl (C=O) groups excluding carboxylic acids is 2. The van der Waals surface area contributed by atoms with Crippen LogP contribution in [0.2, 0.25) is 0 Å². The predicted octanol–water partition coefficient (Wildman–Crippen LogP) is 0.650. The molecule has 1 atom stereocenters. The molecule has 0 radical (unpaired) electrons. The summed E-state index contributed by atoms with van der Waals surface area (Å²) < 4.78 is 10.6. The van der Waals surface area contributed by atoms with E-state index in [4.69, 9.17) is 15.2 Å². The number of fused-ring (bicyclic) bond motifs is 1. The average molecular weight is 291 g/mol.